The van der Waals surface area contributed by atoms with Crippen molar-refractivity contribution in [2.24, 2.45) is 0 Å². The average Bonchev–Trinajstić information content (AvgIpc) is 2.92. The number of hydrogen-bond donors (Lipinski definition) is 1. The first-order valence-corrected chi connectivity index (χ1v) is 7.54. The van der Waals surface area contributed by atoms with Gasteiger partial charge in [-0.3, -0.25) is 4.79 Å². The third kappa shape index (κ3) is 2.69. The van der Waals surface area contributed by atoms with Gasteiger partial charge in [0.2, 0.25) is 0 Å². The fourth-order valence-corrected chi connectivity index (χ4v) is 2.79. The molecule has 2 aromatic carbocycles. The van der Waals surface area contributed by atoms with Crippen LogP contribution in [0.4, 0.5) is 15.8 Å². The highest BCUT2D eigenvalue weighted by molar-refractivity contribution is 6.04. The third-order valence-electron chi connectivity index (χ3n) is 4.15. The van der Waals surface area contributed by atoms with Crippen molar-refractivity contribution in [1.82, 2.24) is 0 Å². The number of nitrogens with zero attached hydrogens (tertiary/aromatic N) is 1. The van der Waals surface area contributed by atoms with Crippen LogP contribution < -0.4 is 10.2 Å². The van der Waals surface area contributed by atoms with Gasteiger partial charge < -0.3 is 10.2 Å². The molecule has 0 atom stereocenters. The Morgan fingerprint density at radius 1 is 1.27 bits per heavy atom. The lowest BCUT2D eigenvalue weighted by atomic mass is 10.1. The van der Waals surface area contributed by atoms with E-state index in [-0.39, 0.29) is 11.7 Å². The minimum absolute atomic E-state index is 0.292. The maximum absolute atomic E-state index is 13.6. The Labute approximate surface area is 129 Å². The first-order valence-electron chi connectivity index (χ1n) is 7.54. The fraction of sp³-hybridized carbons (Fsp3) is 0.278. The third-order valence-corrected chi connectivity index (χ3v) is 4.15. The van der Waals surface area contributed by atoms with Gasteiger partial charge in [0.25, 0.3) is 5.91 Å². The topological polar surface area (TPSA) is 32.3 Å². The molecule has 0 spiro atoms. The van der Waals surface area contributed by atoms with E-state index in [0.29, 0.717) is 11.1 Å². The zero-order valence-corrected chi connectivity index (χ0v) is 12.8. The molecule has 1 N–H and O–H groups in total. The molecule has 1 heterocycles. The molecule has 114 valence electrons. The van der Waals surface area contributed by atoms with Crippen molar-refractivity contribution < 1.29 is 9.18 Å². The highest BCUT2D eigenvalue weighted by Gasteiger charge is 2.18. The quantitative estimate of drug-likeness (QED) is 0.935. The van der Waals surface area contributed by atoms with E-state index in [0.717, 1.165) is 25.2 Å². The summed E-state index contributed by atoms with van der Waals surface area (Å²) in [6.07, 6.45) is 1.04. The van der Waals surface area contributed by atoms with Crippen molar-refractivity contribution >= 4 is 17.3 Å². The zero-order chi connectivity index (χ0) is 15.7. The number of aryl methyl sites for hydroxylation is 1. The molecule has 3 nitrogen and oxygen atoms in total. The monoisotopic (exact) mass is 298 g/mol. The molecule has 1 aliphatic heterocycles. The predicted octanol–water partition coefficient (Wildman–Crippen LogP) is 3.77. The first-order chi connectivity index (χ1) is 10.6. The Morgan fingerprint density at radius 3 is 2.82 bits per heavy atom. The first kappa shape index (κ1) is 14.6. The smallest absolute Gasteiger partial charge is 0.255 e. The standard InChI is InChI=1S/C18H19FN2O/c1-3-21-9-8-13-6-7-15(11-17(13)21)20-18(22)14-5-4-12(2)16(19)10-14/h4-7,10-11H,3,8-9H2,1-2H3,(H,20,22). The molecule has 0 aliphatic carbocycles. The number of benzene rings is 2. The van der Waals surface area contributed by atoms with Gasteiger partial charge in [0, 0.05) is 30.0 Å². The van der Waals surface area contributed by atoms with Crippen molar-refractivity contribution in [3.05, 3.63) is 58.9 Å². The molecule has 2 aromatic rings. The minimum Gasteiger partial charge on any atom is -0.371 e. The molecule has 22 heavy (non-hydrogen) atoms. The van der Waals surface area contributed by atoms with Gasteiger partial charge in [-0.05, 0) is 55.7 Å². The second-order valence-corrected chi connectivity index (χ2v) is 5.59. The molecule has 3 rings (SSSR count). The van der Waals surface area contributed by atoms with E-state index >= 15 is 0 Å². The molecule has 0 bridgehead atoms. The summed E-state index contributed by atoms with van der Waals surface area (Å²) in [7, 11) is 0. The van der Waals surface area contributed by atoms with E-state index in [1.807, 2.05) is 12.1 Å². The lowest BCUT2D eigenvalue weighted by Gasteiger charge is -2.17. The average molecular weight is 298 g/mol. The molecule has 0 aromatic heterocycles. The Morgan fingerprint density at radius 2 is 2.09 bits per heavy atom. The Hall–Kier alpha value is -2.36. The van der Waals surface area contributed by atoms with Gasteiger partial charge in [-0.2, -0.15) is 0 Å². The van der Waals surface area contributed by atoms with Crippen LogP contribution in [-0.2, 0) is 6.42 Å². The Bertz CT molecular complexity index is 727. The number of carbonyl (C=O) groups is 1. The van der Waals surface area contributed by atoms with Crippen LogP contribution in [0.1, 0.15) is 28.4 Å². The number of anilines is 2. The summed E-state index contributed by atoms with van der Waals surface area (Å²) in [5.41, 5.74) is 4.09. The summed E-state index contributed by atoms with van der Waals surface area (Å²) >= 11 is 0. The minimum atomic E-state index is -0.362. The van der Waals surface area contributed by atoms with Crippen LogP contribution in [0.25, 0.3) is 0 Å². The van der Waals surface area contributed by atoms with Crippen LogP contribution in [0.3, 0.4) is 0 Å². The van der Waals surface area contributed by atoms with Gasteiger partial charge in [0.05, 0.1) is 0 Å². The molecule has 4 heteroatoms. The molecular weight excluding hydrogens is 279 g/mol. The zero-order valence-electron chi connectivity index (χ0n) is 12.8. The summed E-state index contributed by atoms with van der Waals surface area (Å²) in [6.45, 7) is 5.77. The second kappa shape index (κ2) is 5.79. The molecular formula is C18H19FN2O. The van der Waals surface area contributed by atoms with Crippen molar-refractivity contribution in [1.29, 1.82) is 0 Å². The van der Waals surface area contributed by atoms with E-state index in [4.69, 9.17) is 0 Å². The fourth-order valence-electron chi connectivity index (χ4n) is 2.79. The summed E-state index contributed by atoms with van der Waals surface area (Å²) in [4.78, 5) is 14.5. The number of amides is 1. The SMILES string of the molecule is CCN1CCc2ccc(NC(=O)c3ccc(C)c(F)c3)cc21. The van der Waals surface area contributed by atoms with Crippen molar-refractivity contribution in [3.63, 3.8) is 0 Å². The largest absolute Gasteiger partial charge is 0.371 e. The van der Waals surface area contributed by atoms with Crippen LogP contribution in [0.2, 0.25) is 0 Å². The van der Waals surface area contributed by atoms with Gasteiger partial charge >= 0.3 is 0 Å². The maximum Gasteiger partial charge on any atom is 0.255 e. The van der Waals surface area contributed by atoms with Gasteiger partial charge in [-0.1, -0.05) is 12.1 Å². The molecule has 0 unspecified atom stereocenters. The molecule has 0 saturated heterocycles. The number of nitrogens with one attached hydrogen (secondary N) is 1. The van der Waals surface area contributed by atoms with Crippen molar-refractivity contribution in [2.45, 2.75) is 20.3 Å². The van der Waals surface area contributed by atoms with Crippen molar-refractivity contribution in [3.8, 4) is 0 Å². The van der Waals surface area contributed by atoms with Gasteiger partial charge in [0.15, 0.2) is 0 Å². The maximum atomic E-state index is 13.6. The molecule has 0 radical (unpaired) electrons. The van der Waals surface area contributed by atoms with E-state index in [2.05, 4.69) is 23.2 Å². The molecule has 1 aliphatic rings. The van der Waals surface area contributed by atoms with Crippen molar-refractivity contribution in [2.75, 3.05) is 23.3 Å². The number of fused-ring (bicyclic) bond motifs is 1. The Balaban J connectivity index is 1.81. The Kier molecular flexibility index (Phi) is 3.84. The highest BCUT2D eigenvalue weighted by atomic mass is 19.1. The van der Waals surface area contributed by atoms with E-state index in [1.165, 1.54) is 17.3 Å². The number of hydrogen-bond acceptors (Lipinski definition) is 2. The van der Waals surface area contributed by atoms with Crippen LogP contribution in [0, 0.1) is 12.7 Å². The van der Waals surface area contributed by atoms with E-state index < -0.39 is 0 Å². The molecule has 1 amide bonds. The van der Waals surface area contributed by atoms with Gasteiger partial charge in [0.1, 0.15) is 5.82 Å². The second-order valence-electron chi connectivity index (χ2n) is 5.59. The lowest BCUT2D eigenvalue weighted by molar-refractivity contribution is 0.102. The van der Waals surface area contributed by atoms with Crippen LogP contribution in [0.15, 0.2) is 36.4 Å². The molecule has 0 saturated carbocycles. The number of likely N-dealkylation sites (N-methyl/N-ethyl adjacent to an activating group) is 1. The summed E-state index contributed by atoms with van der Waals surface area (Å²) < 4.78 is 13.6. The van der Waals surface area contributed by atoms with Crippen LogP contribution >= 0.6 is 0 Å². The summed E-state index contributed by atoms with van der Waals surface area (Å²) in [6, 6.07) is 10.5. The van der Waals surface area contributed by atoms with E-state index in [9.17, 15) is 9.18 Å². The molecule has 0 fully saturated rings. The normalized spacial score (nSPS) is 13.1. The summed E-state index contributed by atoms with van der Waals surface area (Å²) in [5, 5.41) is 2.85. The number of carbonyl (C=O) groups excluding carboxylic acids is 1. The van der Waals surface area contributed by atoms with Gasteiger partial charge in [-0.15, -0.1) is 0 Å². The van der Waals surface area contributed by atoms with Crippen LogP contribution in [0.5, 0.6) is 0 Å². The highest BCUT2D eigenvalue weighted by Crippen LogP contribution is 2.30. The summed E-state index contributed by atoms with van der Waals surface area (Å²) in [5.74, 6) is -0.654. The lowest BCUT2D eigenvalue weighted by Crippen LogP contribution is -2.19. The number of rotatable bonds is 3. The number of halogens is 1. The predicted molar refractivity (Wildman–Crippen MR) is 87.1 cm³/mol. The van der Waals surface area contributed by atoms with Crippen LogP contribution in [-0.4, -0.2) is 19.0 Å². The van der Waals surface area contributed by atoms with E-state index in [1.54, 1.807) is 19.1 Å². The van der Waals surface area contributed by atoms with Gasteiger partial charge in [-0.25, -0.2) is 4.39 Å².